The number of imidazole rings is 1. The molecule has 3 heterocycles. The summed E-state index contributed by atoms with van der Waals surface area (Å²) in [5.41, 5.74) is 0. The van der Waals surface area contributed by atoms with Crippen molar-refractivity contribution in [3.63, 3.8) is 0 Å². The number of nitrogens with one attached hydrogen (secondary N) is 1. The van der Waals surface area contributed by atoms with Crippen LogP contribution in [0.15, 0.2) is 17.6 Å². The summed E-state index contributed by atoms with van der Waals surface area (Å²) >= 11 is 0. The molecule has 2 saturated heterocycles. The monoisotopic (exact) mass is 299 g/mol. The van der Waals surface area contributed by atoms with Gasteiger partial charge in [-0.1, -0.05) is 0 Å². The molecule has 3 atom stereocenters. The minimum Gasteiger partial charge on any atom is -0.374 e. The molecule has 2 aliphatic rings. The van der Waals surface area contributed by atoms with Crippen LogP contribution in [0.1, 0.15) is 25.7 Å². The van der Waals surface area contributed by atoms with Crippen LogP contribution in [0, 0.1) is 5.92 Å². The largest absolute Gasteiger partial charge is 0.374 e. The normalized spacial score (nSPS) is 29.4. The van der Waals surface area contributed by atoms with Crippen LogP contribution in [0.2, 0.25) is 0 Å². The average molecular weight is 299 g/mol. The molecule has 7 nitrogen and oxygen atoms in total. The first-order valence-corrected chi connectivity index (χ1v) is 8.14. The van der Waals surface area contributed by atoms with E-state index in [1.165, 1.54) is 17.1 Å². The highest BCUT2D eigenvalue weighted by Crippen LogP contribution is 2.36. The molecule has 1 aromatic heterocycles. The molecule has 1 aromatic rings. The van der Waals surface area contributed by atoms with Crippen LogP contribution < -0.4 is 4.72 Å². The van der Waals surface area contributed by atoms with Crippen molar-refractivity contribution >= 4 is 15.9 Å². The van der Waals surface area contributed by atoms with E-state index in [9.17, 15) is 13.2 Å². The maximum Gasteiger partial charge on any atom is 0.283 e. The van der Waals surface area contributed by atoms with E-state index < -0.39 is 15.9 Å². The SMILES string of the molecule is Cn1cnc(S(=O)(=O)NC(=O)[C@@H]2CC[C@H]3CC[C@H]2O3)c1. The lowest BCUT2D eigenvalue weighted by Crippen LogP contribution is -2.42. The fourth-order valence-corrected chi connectivity index (χ4v) is 3.89. The zero-order chi connectivity index (χ0) is 14.3. The summed E-state index contributed by atoms with van der Waals surface area (Å²) < 4.78 is 33.4. The molecule has 0 aliphatic carbocycles. The average Bonchev–Trinajstić information content (AvgIpc) is 2.96. The summed E-state index contributed by atoms with van der Waals surface area (Å²) in [6.07, 6.45) is 6.12. The van der Waals surface area contributed by atoms with Gasteiger partial charge in [0.25, 0.3) is 10.0 Å². The molecule has 8 heteroatoms. The first-order chi connectivity index (χ1) is 9.45. The Balaban J connectivity index is 1.72. The number of aromatic nitrogens is 2. The van der Waals surface area contributed by atoms with Crippen LogP contribution in [0.5, 0.6) is 0 Å². The van der Waals surface area contributed by atoms with E-state index in [0.717, 1.165) is 19.3 Å². The minimum absolute atomic E-state index is 0.144. The first kappa shape index (κ1) is 13.6. The Morgan fingerprint density at radius 3 is 2.85 bits per heavy atom. The second-order valence-corrected chi connectivity index (χ2v) is 7.03. The Labute approximate surface area is 117 Å². The van der Waals surface area contributed by atoms with Gasteiger partial charge in [0.15, 0.2) is 5.03 Å². The quantitative estimate of drug-likeness (QED) is 0.860. The zero-order valence-electron chi connectivity index (χ0n) is 11.2. The van der Waals surface area contributed by atoms with Crippen molar-refractivity contribution in [3.05, 3.63) is 12.5 Å². The van der Waals surface area contributed by atoms with Crippen LogP contribution in [0.4, 0.5) is 0 Å². The van der Waals surface area contributed by atoms with Crippen molar-refractivity contribution in [2.24, 2.45) is 13.0 Å². The fraction of sp³-hybridized carbons (Fsp3) is 0.667. The molecule has 0 unspecified atom stereocenters. The number of carbonyl (C=O) groups excluding carboxylic acids is 1. The molecule has 0 aromatic carbocycles. The highest BCUT2D eigenvalue weighted by atomic mass is 32.2. The molecular weight excluding hydrogens is 282 g/mol. The van der Waals surface area contributed by atoms with Crippen molar-refractivity contribution < 1.29 is 17.9 Å². The van der Waals surface area contributed by atoms with E-state index in [1.807, 2.05) is 0 Å². The van der Waals surface area contributed by atoms with E-state index in [2.05, 4.69) is 9.71 Å². The summed E-state index contributed by atoms with van der Waals surface area (Å²) in [6, 6.07) is 0. The third kappa shape index (κ3) is 2.45. The van der Waals surface area contributed by atoms with Crippen molar-refractivity contribution in [1.82, 2.24) is 14.3 Å². The third-order valence-electron chi connectivity index (χ3n) is 3.92. The number of nitrogens with zero attached hydrogens (tertiary/aromatic N) is 2. The van der Waals surface area contributed by atoms with Gasteiger partial charge in [-0.25, -0.2) is 9.71 Å². The lowest BCUT2D eigenvalue weighted by Gasteiger charge is -2.27. The van der Waals surface area contributed by atoms with Gasteiger partial charge in [0.2, 0.25) is 5.91 Å². The summed E-state index contributed by atoms with van der Waals surface area (Å²) in [5.74, 6) is -0.867. The van der Waals surface area contributed by atoms with Gasteiger partial charge in [0.1, 0.15) is 0 Å². The maximum atomic E-state index is 12.2. The molecule has 1 amide bonds. The minimum atomic E-state index is -3.89. The number of carbonyl (C=O) groups is 1. The van der Waals surface area contributed by atoms with Crippen molar-refractivity contribution in [2.75, 3.05) is 0 Å². The highest BCUT2D eigenvalue weighted by Gasteiger charge is 2.41. The molecule has 2 fully saturated rings. The number of aryl methyl sites for hydroxylation is 1. The van der Waals surface area contributed by atoms with Gasteiger partial charge in [-0.05, 0) is 25.7 Å². The van der Waals surface area contributed by atoms with Crippen molar-refractivity contribution in [2.45, 2.75) is 42.9 Å². The topological polar surface area (TPSA) is 90.3 Å². The molecule has 0 spiro atoms. The first-order valence-electron chi connectivity index (χ1n) is 6.66. The zero-order valence-corrected chi connectivity index (χ0v) is 12.0. The molecule has 3 rings (SSSR count). The second-order valence-electron chi connectivity index (χ2n) is 5.40. The van der Waals surface area contributed by atoms with E-state index in [1.54, 1.807) is 7.05 Å². The number of sulfonamides is 1. The van der Waals surface area contributed by atoms with E-state index in [0.29, 0.717) is 6.42 Å². The van der Waals surface area contributed by atoms with Crippen LogP contribution in [0.3, 0.4) is 0 Å². The van der Waals surface area contributed by atoms with Gasteiger partial charge >= 0.3 is 0 Å². The third-order valence-corrected chi connectivity index (χ3v) is 5.15. The molecule has 1 N–H and O–H groups in total. The Hall–Kier alpha value is -1.41. The number of amides is 1. The molecule has 2 aliphatic heterocycles. The summed E-state index contributed by atoms with van der Waals surface area (Å²) in [5, 5.41) is -0.144. The van der Waals surface area contributed by atoms with Crippen molar-refractivity contribution in [1.29, 1.82) is 0 Å². The smallest absolute Gasteiger partial charge is 0.283 e. The van der Waals surface area contributed by atoms with Crippen molar-refractivity contribution in [3.8, 4) is 0 Å². The van der Waals surface area contributed by atoms with E-state index in [-0.39, 0.29) is 23.2 Å². The Kier molecular flexibility index (Phi) is 3.29. The van der Waals surface area contributed by atoms with Gasteiger partial charge in [-0.3, -0.25) is 4.79 Å². The van der Waals surface area contributed by atoms with Gasteiger partial charge < -0.3 is 9.30 Å². The van der Waals surface area contributed by atoms with Crippen LogP contribution in [-0.2, 0) is 26.6 Å². The van der Waals surface area contributed by atoms with Gasteiger partial charge in [0, 0.05) is 13.2 Å². The van der Waals surface area contributed by atoms with Gasteiger partial charge in [0.05, 0.1) is 24.5 Å². The van der Waals surface area contributed by atoms with Gasteiger partial charge in [-0.15, -0.1) is 0 Å². The second kappa shape index (κ2) is 4.85. The number of hydrogen-bond donors (Lipinski definition) is 1. The molecule has 2 bridgehead atoms. The lowest BCUT2D eigenvalue weighted by molar-refractivity contribution is -0.132. The number of rotatable bonds is 3. The Morgan fingerprint density at radius 1 is 1.40 bits per heavy atom. The number of fused-ring (bicyclic) bond motifs is 2. The Morgan fingerprint density at radius 2 is 2.15 bits per heavy atom. The van der Waals surface area contributed by atoms with Gasteiger partial charge in [-0.2, -0.15) is 8.42 Å². The predicted molar refractivity (Wildman–Crippen MR) is 69.2 cm³/mol. The van der Waals surface area contributed by atoms with Crippen LogP contribution in [-0.4, -0.2) is 36.1 Å². The fourth-order valence-electron chi connectivity index (χ4n) is 2.88. The molecule has 0 saturated carbocycles. The lowest BCUT2D eigenvalue weighted by atomic mass is 9.95. The predicted octanol–water partition coefficient (Wildman–Crippen LogP) is 0.183. The number of hydrogen-bond acceptors (Lipinski definition) is 5. The van der Waals surface area contributed by atoms with Crippen LogP contribution >= 0.6 is 0 Å². The summed E-state index contributed by atoms with van der Waals surface area (Å²) in [7, 11) is -2.22. The molecule has 20 heavy (non-hydrogen) atoms. The molecule has 0 radical (unpaired) electrons. The standard InChI is InChI=1S/C12H17N3O4S/c1-15-6-11(13-7-15)20(17,18)14-12(16)9-4-2-8-3-5-10(9)19-8/h6-10H,2-5H2,1H3,(H,14,16)/t8-,9+,10+/m0/s1. The van der Waals surface area contributed by atoms with E-state index >= 15 is 0 Å². The summed E-state index contributed by atoms with van der Waals surface area (Å²) in [4.78, 5) is 15.9. The molecule has 110 valence electrons. The Bertz CT molecular complexity index is 624. The number of ether oxygens (including phenoxy) is 1. The highest BCUT2D eigenvalue weighted by molar-refractivity contribution is 7.90. The van der Waals surface area contributed by atoms with Crippen LogP contribution in [0.25, 0.3) is 0 Å². The summed E-state index contributed by atoms with van der Waals surface area (Å²) in [6.45, 7) is 0. The maximum absolute atomic E-state index is 12.2. The molecular formula is C12H17N3O4S. The van der Waals surface area contributed by atoms with E-state index in [4.69, 9.17) is 4.74 Å².